The van der Waals surface area contributed by atoms with Gasteiger partial charge in [0.05, 0.1) is 11.1 Å². The Kier molecular flexibility index (Phi) is 5.66. The van der Waals surface area contributed by atoms with Crippen molar-refractivity contribution in [3.8, 4) is 5.75 Å². The van der Waals surface area contributed by atoms with Gasteiger partial charge in [0.1, 0.15) is 18.2 Å². The zero-order valence-corrected chi connectivity index (χ0v) is 15.4. The predicted molar refractivity (Wildman–Crippen MR) is 98.3 cm³/mol. The molecule has 140 valence electrons. The van der Waals surface area contributed by atoms with Crippen molar-refractivity contribution in [3.05, 3.63) is 64.7 Å². The van der Waals surface area contributed by atoms with Crippen LogP contribution >= 0.6 is 11.6 Å². The smallest absolute Gasteiger partial charge is 0.255 e. The lowest BCUT2D eigenvalue weighted by Gasteiger charge is -2.10. The zero-order valence-electron chi connectivity index (χ0n) is 14.7. The topological polar surface area (TPSA) is 81.9 Å². The summed E-state index contributed by atoms with van der Waals surface area (Å²) in [5.74, 6) is 0.308. The van der Waals surface area contributed by atoms with Crippen molar-refractivity contribution < 1.29 is 13.9 Å². The molecule has 0 fully saturated rings. The number of benzene rings is 2. The third-order valence-corrected chi connectivity index (χ3v) is 4.00. The lowest BCUT2D eigenvalue weighted by Crippen LogP contribution is -2.12. The van der Waals surface area contributed by atoms with Crippen LogP contribution in [0.15, 0.2) is 42.5 Å². The first-order valence-corrected chi connectivity index (χ1v) is 8.58. The second-order valence-corrected chi connectivity index (χ2v) is 6.44. The fourth-order valence-electron chi connectivity index (χ4n) is 2.34. The maximum absolute atomic E-state index is 13.2. The van der Waals surface area contributed by atoms with Gasteiger partial charge in [0.25, 0.3) is 5.91 Å². The normalized spacial score (nSPS) is 10.9. The Morgan fingerprint density at radius 1 is 1.26 bits per heavy atom. The van der Waals surface area contributed by atoms with Crippen LogP contribution in [0.25, 0.3) is 0 Å². The maximum Gasteiger partial charge on any atom is 0.255 e. The fourth-order valence-corrected chi connectivity index (χ4v) is 2.52. The van der Waals surface area contributed by atoms with Crippen molar-refractivity contribution >= 4 is 23.2 Å². The molecule has 0 saturated carbocycles. The first-order valence-electron chi connectivity index (χ1n) is 8.20. The number of anilines is 1. The molecule has 3 rings (SSSR count). The Morgan fingerprint density at radius 2 is 2.00 bits per heavy atom. The molecule has 7 nitrogen and oxygen atoms in total. The van der Waals surface area contributed by atoms with E-state index in [1.807, 2.05) is 13.8 Å². The predicted octanol–water partition coefficient (Wildman–Crippen LogP) is 3.88. The van der Waals surface area contributed by atoms with Crippen LogP contribution in [0.4, 0.5) is 10.1 Å². The van der Waals surface area contributed by atoms with E-state index in [1.54, 1.807) is 28.9 Å². The SMILES string of the molecule is CC(C)n1nnnc1COc1ccc(C(=O)Nc2ccc(F)c(Cl)c2)cc1. The molecule has 0 radical (unpaired) electrons. The molecule has 27 heavy (non-hydrogen) atoms. The first-order chi connectivity index (χ1) is 12.9. The molecule has 2 aromatic carbocycles. The Balaban J connectivity index is 1.61. The van der Waals surface area contributed by atoms with Crippen LogP contribution in [0.3, 0.4) is 0 Å². The van der Waals surface area contributed by atoms with Gasteiger partial charge in [0, 0.05) is 11.3 Å². The number of ether oxygens (including phenoxy) is 1. The minimum Gasteiger partial charge on any atom is -0.486 e. The summed E-state index contributed by atoms with van der Waals surface area (Å²) < 4.78 is 20.5. The van der Waals surface area contributed by atoms with Crippen molar-refractivity contribution in [2.75, 3.05) is 5.32 Å². The summed E-state index contributed by atoms with van der Waals surface area (Å²) in [4.78, 5) is 12.3. The van der Waals surface area contributed by atoms with Crippen LogP contribution in [0.5, 0.6) is 5.75 Å². The minimum absolute atomic E-state index is 0.0553. The number of carbonyl (C=O) groups excluding carboxylic acids is 1. The molecule has 0 bridgehead atoms. The number of nitrogens with zero attached hydrogens (tertiary/aromatic N) is 4. The fraction of sp³-hybridized carbons (Fsp3) is 0.222. The van der Waals surface area contributed by atoms with E-state index in [0.29, 0.717) is 22.8 Å². The van der Waals surface area contributed by atoms with Crippen LogP contribution in [0.1, 0.15) is 36.1 Å². The molecule has 0 spiro atoms. The highest BCUT2D eigenvalue weighted by Gasteiger charge is 2.11. The van der Waals surface area contributed by atoms with E-state index in [9.17, 15) is 9.18 Å². The highest BCUT2D eigenvalue weighted by Crippen LogP contribution is 2.20. The van der Waals surface area contributed by atoms with Gasteiger partial charge in [-0.2, -0.15) is 0 Å². The van der Waals surface area contributed by atoms with E-state index < -0.39 is 5.82 Å². The number of aromatic nitrogens is 4. The van der Waals surface area contributed by atoms with Crippen molar-refractivity contribution in [3.63, 3.8) is 0 Å². The van der Waals surface area contributed by atoms with E-state index in [4.69, 9.17) is 16.3 Å². The van der Waals surface area contributed by atoms with Crippen molar-refractivity contribution in [2.45, 2.75) is 26.5 Å². The highest BCUT2D eigenvalue weighted by atomic mass is 35.5. The van der Waals surface area contributed by atoms with Gasteiger partial charge in [-0.05, 0) is 66.7 Å². The largest absolute Gasteiger partial charge is 0.486 e. The zero-order chi connectivity index (χ0) is 19.4. The minimum atomic E-state index is -0.542. The summed E-state index contributed by atoms with van der Waals surface area (Å²) in [6, 6.07) is 10.7. The highest BCUT2D eigenvalue weighted by molar-refractivity contribution is 6.31. The molecular formula is C18H17ClFN5O2. The Morgan fingerprint density at radius 3 is 2.67 bits per heavy atom. The number of nitrogens with one attached hydrogen (secondary N) is 1. The summed E-state index contributed by atoms with van der Waals surface area (Å²) in [5.41, 5.74) is 0.835. The van der Waals surface area contributed by atoms with Crippen molar-refractivity contribution in [1.82, 2.24) is 20.2 Å². The molecule has 0 atom stereocenters. The molecule has 3 aromatic rings. The third-order valence-electron chi connectivity index (χ3n) is 3.71. The van der Waals surface area contributed by atoms with Gasteiger partial charge in [0.2, 0.25) is 0 Å². The van der Waals surface area contributed by atoms with Crippen LogP contribution < -0.4 is 10.1 Å². The van der Waals surface area contributed by atoms with Gasteiger partial charge in [-0.3, -0.25) is 4.79 Å². The standard InChI is InChI=1S/C18H17ClFN5O2/c1-11(2)25-17(22-23-24-25)10-27-14-6-3-12(4-7-14)18(26)21-13-5-8-16(20)15(19)9-13/h3-9,11H,10H2,1-2H3,(H,21,26). The van der Waals surface area contributed by atoms with E-state index in [0.717, 1.165) is 0 Å². The van der Waals surface area contributed by atoms with E-state index in [1.165, 1.54) is 18.2 Å². The summed E-state index contributed by atoms with van der Waals surface area (Å²) in [6.07, 6.45) is 0. The number of hydrogen-bond donors (Lipinski definition) is 1. The third kappa shape index (κ3) is 4.59. The Bertz CT molecular complexity index is 943. The summed E-state index contributed by atoms with van der Waals surface area (Å²) in [7, 11) is 0. The maximum atomic E-state index is 13.2. The number of carbonyl (C=O) groups is 1. The first kappa shape index (κ1) is 18.8. The number of rotatable bonds is 6. The van der Waals surface area contributed by atoms with Gasteiger partial charge in [-0.25, -0.2) is 9.07 Å². The van der Waals surface area contributed by atoms with Crippen molar-refractivity contribution in [1.29, 1.82) is 0 Å². The van der Waals surface area contributed by atoms with Crippen LogP contribution in [0.2, 0.25) is 5.02 Å². The van der Waals surface area contributed by atoms with Gasteiger partial charge >= 0.3 is 0 Å². The molecule has 1 aromatic heterocycles. The quantitative estimate of drug-likeness (QED) is 0.691. The number of hydrogen-bond acceptors (Lipinski definition) is 5. The van der Waals surface area contributed by atoms with E-state index >= 15 is 0 Å². The second-order valence-electron chi connectivity index (χ2n) is 6.03. The monoisotopic (exact) mass is 389 g/mol. The number of halogens is 2. The Hall–Kier alpha value is -3.00. The molecule has 0 unspecified atom stereocenters. The molecule has 0 aliphatic carbocycles. The van der Waals surface area contributed by atoms with Gasteiger partial charge in [-0.1, -0.05) is 11.6 Å². The van der Waals surface area contributed by atoms with E-state index in [-0.39, 0.29) is 23.6 Å². The molecule has 0 saturated heterocycles. The van der Waals surface area contributed by atoms with Crippen LogP contribution in [0, 0.1) is 5.82 Å². The summed E-state index contributed by atoms with van der Waals surface area (Å²) in [5, 5.41) is 14.1. The average Bonchev–Trinajstić information content (AvgIpc) is 3.12. The Labute approximate surface area is 160 Å². The van der Waals surface area contributed by atoms with Crippen LogP contribution in [-0.2, 0) is 6.61 Å². The number of tetrazole rings is 1. The summed E-state index contributed by atoms with van der Waals surface area (Å²) in [6.45, 7) is 4.16. The average molecular weight is 390 g/mol. The summed E-state index contributed by atoms with van der Waals surface area (Å²) >= 11 is 5.71. The van der Waals surface area contributed by atoms with Gasteiger partial charge in [0.15, 0.2) is 5.82 Å². The molecular weight excluding hydrogens is 373 g/mol. The molecule has 1 amide bonds. The molecule has 1 N–H and O–H groups in total. The molecule has 9 heteroatoms. The molecule has 0 aliphatic heterocycles. The molecule has 1 heterocycles. The van der Waals surface area contributed by atoms with Gasteiger partial charge in [-0.15, -0.1) is 5.10 Å². The lowest BCUT2D eigenvalue weighted by molar-refractivity contribution is 0.102. The lowest BCUT2D eigenvalue weighted by atomic mass is 10.2. The van der Waals surface area contributed by atoms with E-state index in [2.05, 4.69) is 20.8 Å². The van der Waals surface area contributed by atoms with Crippen LogP contribution in [-0.4, -0.2) is 26.1 Å². The molecule has 0 aliphatic rings. The number of amides is 1. The van der Waals surface area contributed by atoms with Gasteiger partial charge < -0.3 is 10.1 Å². The second kappa shape index (κ2) is 8.13. The van der Waals surface area contributed by atoms with Crippen molar-refractivity contribution in [2.24, 2.45) is 0 Å².